The Morgan fingerprint density at radius 1 is 1.33 bits per heavy atom. The highest BCUT2D eigenvalue weighted by atomic mass is 16.5. The molecular weight excluding hydrogens is 262 g/mol. The van der Waals surface area contributed by atoms with E-state index in [1.165, 1.54) is 17.5 Å². The van der Waals surface area contributed by atoms with Crippen molar-refractivity contribution in [1.29, 1.82) is 0 Å². The third-order valence-corrected chi connectivity index (χ3v) is 5.32. The normalized spacial score (nSPS) is 27.6. The van der Waals surface area contributed by atoms with Crippen LogP contribution in [-0.2, 0) is 9.47 Å². The molecule has 0 bridgehead atoms. The predicted molar refractivity (Wildman–Crippen MR) is 84.7 cm³/mol. The number of methoxy groups -OCH3 is 1. The van der Waals surface area contributed by atoms with Crippen molar-refractivity contribution in [2.45, 2.75) is 50.7 Å². The minimum Gasteiger partial charge on any atom is -0.381 e. The van der Waals surface area contributed by atoms with E-state index < -0.39 is 0 Å². The third-order valence-electron chi connectivity index (χ3n) is 5.32. The van der Waals surface area contributed by atoms with Gasteiger partial charge in [0.15, 0.2) is 0 Å². The van der Waals surface area contributed by atoms with Crippen LogP contribution >= 0.6 is 0 Å². The molecule has 1 saturated heterocycles. The molecular formula is C18H27NO2. The summed E-state index contributed by atoms with van der Waals surface area (Å²) in [6.45, 7) is 7.11. The molecule has 3 nitrogen and oxygen atoms in total. The SMILES string of the molecule is COC1(CN[C@@H]2C[C@@H](C)c3c(C)cccc32)CCOCC1. The Labute approximate surface area is 128 Å². The topological polar surface area (TPSA) is 30.5 Å². The van der Waals surface area contributed by atoms with Gasteiger partial charge in [0.05, 0.1) is 5.60 Å². The van der Waals surface area contributed by atoms with E-state index >= 15 is 0 Å². The average Bonchev–Trinajstić information content (AvgIpc) is 2.84. The Morgan fingerprint density at radius 3 is 2.81 bits per heavy atom. The van der Waals surface area contributed by atoms with Crippen LogP contribution in [0.2, 0.25) is 0 Å². The van der Waals surface area contributed by atoms with E-state index in [1.54, 1.807) is 5.56 Å². The summed E-state index contributed by atoms with van der Waals surface area (Å²) in [5, 5.41) is 3.78. The van der Waals surface area contributed by atoms with E-state index in [0.29, 0.717) is 12.0 Å². The first-order chi connectivity index (χ1) is 10.2. The summed E-state index contributed by atoms with van der Waals surface area (Å²) in [4.78, 5) is 0. The summed E-state index contributed by atoms with van der Waals surface area (Å²) in [5.74, 6) is 0.645. The van der Waals surface area contributed by atoms with Crippen LogP contribution in [0.5, 0.6) is 0 Å². The number of hydrogen-bond donors (Lipinski definition) is 1. The number of hydrogen-bond acceptors (Lipinski definition) is 3. The summed E-state index contributed by atoms with van der Waals surface area (Å²) in [5.41, 5.74) is 4.42. The maximum atomic E-state index is 5.83. The molecule has 3 heteroatoms. The summed E-state index contributed by atoms with van der Waals surface area (Å²) < 4.78 is 11.3. The molecule has 1 heterocycles. The number of benzene rings is 1. The minimum atomic E-state index is -0.0476. The van der Waals surface area contributed by atoms with Crippen molar-refractivity contribution in [3.05, 3.63) is 34.9 Å². The zero-order valence-electron chi connectivity index (χ0n) is 13.4. The van der Waals surface area contributed by atoms with Gasteiger partial charge in [-0.3, -0.25) is 0 Å². The van der Waals surface area contributed by atoms with Gasteiger partial charge in [0, 0.05) is 45.8 Å². The van der Waals surface area contributed by atoms with Gasteiger partial charge in [0.1, 0.15) is 0 Å². The Kier molecular flexibility index (Phi) is 4.34. The first-order valence-corrected chi connectivity index (χ1v) is 8.11. The van der Waals surface area contributed by atoms with Crippen LogP contribution in [0.3, 0.4) is 0 Å². The van der Waals surface area contributed by atoms with Gasteiger partial charge in [-0.15, -0.1) is 0 Å². The van der Waals surface area contributed by atoms with Gasteiger partial charge in [0.2, 0.25) is 0 Å². The van der Waals surface area contributed by atoms with Crippen LogP contribution in [0.1, 0.15) is 54.8 Å². The molecule has 1 aliphatic carbocycles. The zero-order valence-corrected chi connectivity index (χ0v) is 13.4. The zero-order chi connectivity index (χ0) is 14.9. The van der Waals surface area contributed by atoms with Crippen LogP contribution in [0.4, 0.5) is 0 Å². The third kappa shape index (κ3) is 2.87. The van der Waals surface area contributed by atoms with Crippen molar-refractivity contribution in [2.24, 2.45) is 0 Å². The first kappa shape index (κ1) is 15.0. The molecule has 0 unspecified atom stereocenters. The van der Waals surface area contributed by atoms with Gasteiger partial charge in [-0.05, 0) is 36.0 Å². The standard InChI is InChI=1S/C18H27NO2/c1-13-5-4-6-15-16(11-14(2)17(13)15)19-12-18(20-3)7-9-21-10-8-18/h4-6,14,16,19H,7-12H2,1-3H3/t14-,16-/m1/s1. The van der Waals surface area contributed by atoms with Gasteiger partial charge in [0.25, 0.3) is 0 Å². The highest BCUT2D eigenvalue weighted by Gasteiger charge is 2.35. The van der Waals surface area contributed by atoms with Crippen LogP contribution in [0, 0.1) is 6.92 Å². The Bertz CT molecular complexity index is 494. The highest BCUT2D eigenvalue weighted by Crippen LogP contribution is 2.41. The van der Waals surface area contributed by atoms with Crippen molar-refractivity contribution < 1.29 is 9.47 Å². The summed E-state index contributed by atoms with van der Waals surface area (Å²) in [6, 6.07) is 7.16. The molecule has 21 heavy (non-hydrogen) atoms. The van der Waals surface area contributed by atoms with E-state index in [0.717, 1.165) is 32.6 Å². The lowest BCUT2D eigenvalue weighted by molar-refractivity contribution is -0.0887. The quantitative estimate of drug-likeness (QED) is 0.922. The fraction of sp³-hybridized carbons (Fsp3) is 0.667. The fourth-order valence-corrected chi connectivity index (χ4v) is 3.98. The average molecular weight is 289 g/mol. The molecule has 116 valence electrons. The van der Waals surface area contributed by atoms with E-state index in [9.17, 15) is 0 Å². The molecule has 0 aromatic heterocycles. The van der Waals surface area contributed by atoms with Crippen LogP contribution < -0.4 is 5.32 Å². The van der Waals surface area contributed by atoms with Gasteiger partial charge in [-0.1, -0.05) is 25.1 Å². The van der Waals surface area contributed by atoms with Crippen molar-refractivity contribution in [3.63, 3.8) is 0 Å². The summed E-state index contributed by atoms with van der Waals surface area (Å²) >= 11 is 0. The van der Waals surface area contributed by atoms with Crippen molar-refractivity contribution >= 4 is 0 Å². The summed E-state index contributed by atoms with van der Waals surface area (Å²) in [6.07, 6.45) is 3.16. The van der Waals surface area contributed by atoms with E-state index in [4.69, 9.17) is 9.47 Å². The second-order valence-electron chi connectivity index (χ2n) is 6.65. The molecule has 1 N–H and O–H groups in total. The Morgan fingerprint density at radius 2 is 2.10 bits per heavy atom. The number of rotatable bonds is 4. The molecule has 0 amide bonds. The molecule has 1 aromatic carbocycles. The van der Waals surface area contributed by atoms with Crippen molar-refractivity contribution in [1.82, 2.24) is 5.32 Å². The largest absolute Gasteiger partial charge is 0.381 e. The Hall–Kier alpha value is -0.900. The van der Waals surface area contributed by atoms with E-state index in [-0.39, 0.29) is 5.60 Å². The lowest BCUT2D eigenvalue weighted by Gasteiger charge is -2.37. The smallest absolute Gasteiger partial charge is 0.0846 e. The highest BCUT2D eigenvalue weighted by molar-refractivity contribution is 5.43. The molecule has 2 aliphatic rings. The van der Waals surface area contributed by atoms with Gasteiger partial charge in [-0.2, -0.15) is 0 Å². The lowest BCUT2D eigenvalue weighted by atomic mass is 9.93. The number of ether oxygens (including phenoxy) is 2. The molecule has 1 aromatic rings. The predicted octanol–water partition coefficient (Wildman–Crippen LogP) is 3.33. The van der Waals surface area contributed by atoms with E-state index in [2.05, 4.69) is 37.4 Å². The first-order valence-electron chi connectivity index (χ1n) is 8.11. The monoisotopic (exact) mass is 289 g/mol. The maximum Gasteiger partial charge on any atom is 0.0846 e. The fourth-order valence-electron chi connectivity index (χ4n) is 3.98. The van der Waals surface area contributed by atoms with Crippen molar-refractivity contribution in [2.75, 3.05) is 26.9 Å². The number of nitrogens with one attached hydrogen (secondary N) is 1. The van der Waals surface area contributed by atoms with Gasteiger partial charge < -0.3 is 14.8 Å². The minimum absolute atomic E-state index is 0.0476. The van der Waals surface area contributed by atoms with E-state index in [1.807, 2.05) is 7.11 Å². The van der Waals surface area contributed by atoms with Crippen LogP contribution in [0.15, 0.2) is 18.2 Å². The molecule has 0 saturated carbocycles. The summed E-state index contributed by atoms with van der Waals surface area (Å²) in [7, 11) is 1.84. The molecule has 1 fully saturated rings. The molecule has 0 spiro atoms. The second kappa shape index (κ2) is 6.07. The van der Waals surface area contributed by atoms with Crippen LogP contribution in [-0.4, -0.2) is 32.5 Å². The lowest BCUT2D eigenvalue weighted by Crippen LogP contribution is -2.47. The van der Waals surface area contributed by atoms with Crippen LogP contribution in [0.25, 0.3) is 0 Å². The molecule has 3 rings (SSSR count). The molecule has 2 atom stereocenters. The second-order valence-corrected chi connectivity index (χ2v) is 6.65. The molecule has 1 aliphatic heterocycles. The molecule has 0 radical (unpaired) electrons. The maximum absolute atomic E-state index is 5.83. The number of fused-ring (bicyclic) bond motifs is 1. The number of aryl methyl sites for hydroxylation is 1. The van der Waals surface area contributed by atoms with Crippen molar-refractivity contribution in [3.8, 4) is 0 Å². The van der Waals surface area contributed by atoms with Gasteiger partial charge >= 0.3 is 0 Å². The van der Waals surface area contributed by atoms with Gasteiger partial charge in [-0.25, -0.2) is 0 Å². The Balaban J connectivity index is 1.71.